The number of hydrogen-bond donors (Lipinski definition) is 1. The monoisotopic (exact) mass is 262 g/mol. The van der Waals surface area contributed by atoms with Gasteiger partial charge in [-0.05, 0) is 50.9 Å². The Balaban J connectivity index is 2.10. The largest absolute Gasteiger partial charge is 0.372 e. The van der Waals surface area contributed by atoms with E-state index in [0.717, 1.165) is 25.6 Å². The lowest BCUT2D eigenvalue weighted by Crippen LogP contribution is -2.24. The lowest BCUT2D eigenvalue weighted by atomic mass is 10.2. The number of nitrogens with zero attached hydrogens (tertiary/aromatic N) is 1. The Hall–Kier alpha value is -1.02. The first-order valence-corrected chi connectivity index (χ1v) is 7.74. The predicted octanol–water partition coefficient (Wildman–Crippen LogP) is 3.93. The average molecular weight is 262 g/mol. The van der Waals surface area contributed by atoms with Crippen LogP contribution in [0.2, 0.25) is 0 Å². The number of rotatable bonds is 10. The van der Waals surface area contributed by atoms with Gasteiger partial charge in [0.15, 0.2) is 0 Å². The first kappa shape index (κ1) is 16.0. The Morgan fingerprint density at radius 3 is 2.42 bits per heavy atom. The second kappa shape index (κ2) is 9.85. The molecule has 0 spiro atoms. The van der Waals surface area contributed by atoms with Gasteiger partial charge < -0.3 is 10.2 Å². The molecule has 0 amide bonds. The maximum Gasteiger partial charge on any atom is 0.0366 e. The molecule has 0 aliphatic carbocycles. The normalized spacial score (nSPS) is 10.9. The summed E-state index contributed by atoms with van der Waals surface area (Å²) < 4.78 is 0. The van der Waals surface area contributed by atoms with Crippen molar-refractivity contribution in [3.63, 3.8) is 0 Å². The molecule has 1 rings (SSSR count). The van der Waals surface area contributed by atoms with Crippen molar-refractivity contribution < 1.29 is 0 Å². The van der Waals surface area contributed by atoms with E-state index in [1.165, 1.54) is 31.5 Å². The molecule has 0 bridgehead atoms. The van der Waals surface area contributed by atoms with Crippen molar-refractivity contribution in [1.82, 2.24) is 5.32 Å². The van der Waals surface area contributed by atoms with Crippen LogP contribution >= 0.6 is 0 Å². The predicted molar refractivity (Wildman–Crippen MR) is 85.9 cm³/mol. The molecule has 0 aromatic heterocycles. The molecule has 19 heavy (non-hydrogen) atoms. The van der Waals surface area contributed by atoms with Crippen molar-refractivity contribution in [3.05, 3.63) is 30.3 Å². The standard InChI is InChI=1S/C17H30N2/c1-4-19(17-11-7-5-8-12-17)14-10-6-9-13-18-15-16(2)3/h5,7-8,11-12,16,18H,4,6,9-10,13-15H2,1-3H3. The summed E-state index contributed by atoms with van der Waals surface area (Å²) in [6, 6.07) is 10.7. The Labute approximate surface area is 119 Å². The van der Waals surface area contributed by atoms with Gasteiger partial charge >= 0.3 is 0 Å². The summed E-state index contributed by atoms with van der Waals surface area (Å²) in [5, 5.41) is 3.51. The fraction of sp³-hybridized carbons (Fsp3) is 0.647. The lowest BCUT2D eigenvalue weighted by Gasteiger charge is -2.23. The second-order valence-corrected chi connectivity index (χ2v) is 5.57. The maximum atomic E-state index is 3.51. The summed E-state index contributed by atoms with van der Waals surface area (Å²) in [5.74, 6) is 0.758. The highest BCUT2D eigenvalue weighted by atomic mass is 15.1. The van der Waals surface area contributed by atoms with Crippen LogP contribution in [0.3, 0.4) is 0 Å². The van der Waals surface area contributed by atoms with Gasteiger partial charge in [0.2, 0.25) is 0 Å². The number of nitrogens with one attached hydrogen (secondary N) is 1. The third-order valence-electron chi connectivity index (χ3n) is 3.34. The first-order chi connectivity index (χ1) is 9.24. The van der Waals surface area contributed by atoms with Gasteiger partial charge in [0.05, 0.1) is 0 Å². The van der Waals surface area contributed by atoms with Gasteiger partial charge in [-0.2, -0.15) is 0 Å². The second-order valence-electron chi connectivity index (χ2n) is 5.57. The molecular weight excluding hydrogens is 232 g/mol. The number of para-hydroxylation sites is 1. The molecule has 108 valence electrons. The Morgan fingerprint density at radius 2 is 1.79 bits per heavy atom. The first-order valence-electron chi connectivity index (χ1n) is 7.74. The van der Waals surface area contributed by atoms with Gasteiger partial charge in [-0.3, -0.25) is 0 Å². The van der Waals surface area contributed by atoms with Crippen LogP contribution in [0.15, 0.2) is 30.3 Å². The van der Waals surface area contributed by atoms with Crippen molar-refractivity contribution >= 4 is 5.69 Å². The van der Waals surface area contributed by atoms with Gasteiger partial charge in [-0.15, -0.1) is 0 Å². The van der Waals surface area contributed by atoms with Crippen molar-refractivity contribution in [2.45, 2.75) is 40.0 Å². The van der Waals surface area contributed by atoms with Crippen LogP contribution in [0.4, 0.5) is 5.69 Å². The van der Waals surface area contributed by atoms with Crippen molar-refractivity contribution in [3.8, 4) is 0 Å². The number of unbranched alkanes of at least 4 members (excludes halogenated alkanes) is 2. The maximum absolute atomic E-state index is 3.51. The van der Waals surface area contributed by atoms with E-state index in [4.69, 9.17) is 0 Å². The minimum atomic E-state index is 0.758. The molecule has 0 atom stereocenters. The van der Waals surface area contributed by atoms with Gasteiger partial charge in [-0.1, -0.05) is 38.5 Å². The molecule has 0 heterocycles. The van der Waals surface area contributed by atoms with Gasteiger partial charge in [0.1, 0.15) is 0 Å². The number of anilines is 1. The fourth-order valence-electron chi connectivity index (χ4n) is 2.23. The van der Waals surface area contributed by atoms with E-state index in [-0.39, 0.29) is 0 Å². The molecule has 0 unspecified atom stereocenters. The minimum Gasteiger partial charge on any atom is -0.372 e. The Kier molecular flexibility index (Phi) is 8.31. The van der Waals surface area contributed by atoms with Crippen LogP contribution in [-0.4, -0.2) is 26.2 Å². The Morgan fingerprint density at radius 1 is 1.05 bits per heavy atom. The molecule has 2 heteroatoms. The van der Waals surface area contributed by atoms with E-state index in [1.54, 1.807) is 0 Å². The minimum absolute atomic E-state index is 0.758. The topological polar surface area (TPSA) is 15.3 Å². The lowest BCUT2D eigenvalue weighted by molar-refractivity contribution is 0.529. The summed E-state index contributed by atoms with van der Waals surface area (Å²) >= 11 is 0. The van der Waals surface area contributed by atoms with E-state index < -0.39 is 0 Å². The summed E-state index contributed by atoms with van der Waals surface area (Å²) in [5.41, 5.74) is 1.35. The molecule has 1 N–H and O–H groups in total. The summed E-state index contributed by atoms with van der Waals surface area (Å²) in [6.07, 6.45) is 3.89. The molecule has 1 aromatic rings. The van der Waals surface area contributed by atoms with Crippen LogP contribution < -0.4 is 10.2 Å². The molecule has 0 saturated heterocycles. The molecule has 1 aromatic carbocycles. The molecule has 0 saturated carbocycles. The molecule has 0 aliphatic heterocycles. The Bertz CT molecular complexity index is 308. The zero-order chi connectivity index (χ0) is 13.9. The highest BCUT2D eigenvalue weighted by molar-refractivity contribution is 5.45. The van der Waals surface area contributed by atoms with E-state index in [1.807, 2.05) is 0 Å². The number of hydrogen-bond acceptors (Lipinski definition) is 2. The highest BCUT2D eigenvalue weighted by Crippen LogP contribution is 2.13. The smallest absolute Gasteiger partial charge is 0.0366 e. The van der Waals surface area contributed by atoms with Crippen LogP contribution in [-0.2, 0) is 0 Å². The van der Waals surface area contributed by atoms with E-state index >= 15 is 0 Å². The SMILES string of the molecule is CCN(CCCCCNCC(C)C)c1ccccc1. The number of benzene rings is 1. The molecular formula is C17H30N2. The molecule has 2 nitrogen and oxygen atoms in total. The summed E-state index contributed by atoms with van der Waals surface area (Å²) in [4.78, 5) is 2.46. The van der Waals surface area contributed by atoms with Crippen molar-refractivity contribution in [1.29, 1.82) is 0 Å². The van der Waals surface area contributed by atoms with Crippen LogP contribution in [0.1, 0.15) is 40.0 Å². The van der Waals surface area contributed by atoms with E-state index in [0.29, 0.717) is 0 Å². The molecule has 0 aliphatic rings. The van der Waals surface area contributed by atoms with Gasteiger partial charge in [0.25, 0.3) is 0 Å². The third kappa shape index (κ3) is 7.22. The summed E-state index contributed by atoms with van der Waals surface area (Å²) in [7, 11) is 0. The average Bonchev–Trinajstić information content (AvgIpc) is 2.42. The van der Waals surface area contributed by atoms with Crippen LogP contribution in [0.25, 0.3) is 0 Å². The van der Waals surface area contributed by atoms with Crippen molar-refractivity contribution in [2.24, 2.45) is 5.92 Å². The zero-order valence-electron chi connectivity index (χ0n) is 12.9. The van der Waals surface area contributed by atoms with Crippen LogP contribution in [0.5, 0.6) is 0 Å². The highest BCUT2D eigenvalue weighted by Gasteiger charge is 2.02. The van der Waals surface area contributed by atoms with Crippen molar-refractivity contribution in [2.75, 3.05) is 31.1 Å². The van der Waals surface area contributed by atoms with Gasteiger partial charge in [0, 0.05) is 18.8 Å². The van der Waals surface area contributed by atoms with E-state index in [9.17, 15) is 0 Å². The third-order valence-corrected chi connectivity index (χ3v) is 3.34. The van der Waals surface area contributed by atoms with E-state index in [2.05, 4.69) is 61.3 Å². The molecule has 0 radical (unpaired) electrons. The molecule has 0 fully saturated rings. The van der Waals surface area contributed by atoms with Crippen LogP contribution in [0, 0.1) is 5.92 Å². The van der Waals surface area contributed by atoms with Gasteiger partial charge in [-0.25, -0.2) is 0 Å². The quantitative estimate of drug-likeness (QED) is 0.643. The summed E-state index contributed by atoms with van der Waals surface area (Å²) in [6.45, 7) is 11.3. The fourth-order valence-corrected chi connectivity index (χ4v) is 2.23. The zero-order valence-corrected chi connectivity index (χ0v) is 12.9.